The van der Waals surface area contributed by atoms with Crippen LogP contribution < -0.4 is 5.32 Å². The highest BCUT2D eigenvalue weighted by Gasteiger charge is 2.22. The summed E-state index contributed by atoms with van der Waals surface area (Å²) in [5.41, 5.74) is 1.56. The van der Waals surface area contributed by atoms with Gasteiger partial charge in [0.2, 0.25) is 0 Å². The van der Waals surface area contributed by atoms with Gasteiger partial charge in [0, 0.05) is 30.4 Å². The van der Waals surface area contributed by atoms with Crippen molar-refractivity contribution >= 4 is 0 Å². The molecule has 0 aliphatic carbocycles. The summed E-state index contributed by atoms with van der Waals surface area (Å²) < 4.78 is 2.34. The van der Waals surface area contributed by atoms with Gasteiger partial charge in [0.05, 0.1) is 6.54 Å². The Hall–Kier alpha value is -0.830. The number of imidazole rings is 1. The Labute approximate surface area is 79.2 Å². The smallest absolute Gasteiger partial charge is 0.122 e. The van der Waals surface area contributed by atoms with Gasteiger partial charge >= 0.3 is 0 Å². The van der Waals surface area contributed by atoms with Crippen LogP contribution in [0.5, 0.6) is 0 Å². The molecule has 0 fully saturated rings. The van der Waals surface area contributed by atoms with E-state index in [1.54, 1.807) is 0 Å². The first-order valence-corrected chi connectivity index (χ1v) is 4.84. The van der Waals surface area contributed by atoms with Crippen LogP contribution in [0.2, 0.25) is 0 Å². The summed E-state index contributed by atoms with van der Waals surface area (Å²) in [4.78, 5) is 4.42. The van der Waals surface area contributed by atoms with Gasteiger partial charge in [0.15, 0.2) is 0 Å². The van der Waals surface area contributed by atoms with E-state index in [0.29, 0.717) is 0 Å². The van der Waals surface area contributed by atoms with Crippen molar-refractivity contribution in [3.8, 4) is 0 Å². The number of rotatable bonds is 0. The van der Waals surface area contributed by atoms with E-state index in [-0.39, 0.29) is 5.41 Å². The van der Waals surface area contributed by atoms with Crippen LogP contribution in [0, 0.1) is 0 Å². The Morgan fingerprint density at radius 3 is 2.92 bits per heavy atom. The molecular weight excluding hydrogens is 162 g/mol. The van der Waals surface area contributed by atoms with E-state index in [2.05, 4.69) is 35.6 Å². The molecule has 1 aliphatic heterocycles. The molecular formula is C10H17N3. The largest absolute Gasteiger partial charge is 0.329 e. The molecule has 0 atom stereocenters. The third-order valence-corrected chi connectivity index (χ3v) is 2.50. The van der Waals surface area contributed by atoms with E-state index in [9.17, 15) is 0 Å². The average molecular weight is 179 g/mol. The highest BCUT2D eigenvalue weighted by atomic mass is 15.2. The van der Waals surface area contributed by atoms with Crippen LogP contribution in [0.3, 0.4) is 0 Å². The summed E-state index contributed by atoms with van der Waals surface area (Å²) in [5, 5.41) is 3.32. The topological polar surface area (TPSA) is 29.9 Å². The molecule has 0 spiro atoms. The predicted molar refractivity (Wildman–Crippen MR) is 52.6 cm³/mol. The summed E-state index contributed by atoms with van der Waals surface area (Å²) in [7, 11) is 0. The lowest BCUT2D eigenvalue weighted by Gasteiger charge is -2.24. The molecule has 2 heterocycles. The lowest BCUT2D eigenvalue weighted by molar-refractivity contribution is 0.453. The Bertz CT molecular complexity index is 306. The second-order valence-corrected chi connectivity index (χ2v) is 4.64. The van der Waals surface area contributed by atoms with Crippen molar-refractivity contribution < 1.29 is 0 Å². The first-order chi connectivity index (χ1) is 6.09. The molecule has 0 amide bonds. The first kappa shape index (κ1) is 8.75. The zero-order valence-electron chi connectivity index (χ0n) is 8.59. The molecule has 0 radical (unpaired) electrons. The minimum Gasteiger partial charge on any atom is -0.329 e. The van der Waals surface area contributed by atoms with Gasteiger partial charge in [-0.2, -0.15) is 0 Å². The number of hydrogen-bond donors (Lipinski definition) is 1. The fourth-order valence-electron chi connectivity index (χ4n) is 1.79. The number of fused-ring (bicyclic) bond motifs is 1. The monoisotopic (exact) mass is 179 g/mol. The fourth-order valence-corrected chi connectivity index (χ4v) is 1.79. The maximum absolute atomic E-state index is 4.42. The number of aromatic nitrogens is 2. The standard InChI is InChI=1S/C10H17N3/c1-10(2,3)8-6-12-9-7-11-4-5-13(8)9/h6,11H,4-5,7H2,1-3H3. The van der Waals surface area contributed by atoms with Crippen molar-refractivity contribution in [2.75, 3.05) is 6.54 Å². The van der Waals surface area contributed by atoms with Crippen LogP contribution >= 0.6 is 0 Å². The van der Waals surface area contributed by atoms with Gasteiger partial charge in [0.1, 0.15) is 5.82 Å². The predicted octanol–water partition coefficient (Wildman–Crippen LogP) is 1.28. The highest BCUT2D eigenvalue weighted by Crippen LogP contribution is 2.23. The van der Waals surface area contributed by atoms with Crippen LogP contribution in [0.15, 0.2) is 6.20 Å². The van der Waals surface area contributed by atoms with Crippen molar-refractivity contribution in [1.29, 1.82) is 0 Å². The maximum Gasteiger partial charge on any atom is 0.122 e. The van der Waals surface area contributed by atoms with Crippen molar-refractivity contribution in [2.24, 2.45) is 0 Å². The van der Waals surface area contributed by atoms with Gasteiger partial charge in [-0.15, -0.1) is 0 Å². The molecule has 0 aromatic carbocycles. The SMILES string of the molecule is CC(C)(C)c1cnc2n1CCNC2. The van der Waals surface area contributed by atoms with Crippen molar-refractivity contribution in [3.63, 3.8) is 0 Å². The number of nitrogens with one attached hydrogen (secondary N) is 1. The second kappa shape index (κ2) is 2.84. The quantitative estimate of drug-likeness (QED) is 0.650. The first-order valence-electron chi connectivity index (χ1n) is 4.84. The van der Waals surface area contributed by atoms with Gasteiger partial charge in [-0.25, -0.2) is 4.98 Å². The van der Waals surface area contributed by atoms with Crippen molar-refractivity contribution in [2.45, 2.75) is 39.3 Å². The summed E-state index contributed by atoms with van der Waals surface area (Å²) in [6.07, 6.45) is 2.02. The Morgan fingerprint density at radius 2 is 2.23 bits per heavy atom. The summed E-state index contributed by atoms with van der Waals surface area (Å²) >= 11 is 0. The molecule has 1 aromatic heterocycles. The molecule has 0 unspecified atom stereocenters. The van der Waals surface area contributed by atoms with E-state index in [1.165, 1.54) is 11.5 Å². The molecule has 0 bridgehead atoms. The van der Waals surface area contributed by atoms with Gasteiger partial charge in [0.25, 0.3) is 0 Å². The van der Waals surface area contributed by atoms with E-state index in [0.717, 1.165) is 19.6 Å². The van der Waals surface area contributed by atoms with Crippen LogP contribution in [-0.4, -0.2) is 16.1 Å². The molecule has 72 valence electrons. The molecule has 2 rings (SSSR count). The van der Waals surface area contributed by atoms with Crippen LogP contribution in [0.1, 0.15) is 32.3 Å². The van der Waals surface area contributed by atoms with E-state index < -0.39 is 0 Å². The molecule has 13 heavy (non-hydrogen) atoms. The Balaban J connectivity index is 2.43. The molecule has 1 aliphatic rings. The Kier molecular flexibility index (Phi) is 1.91. The minimum atomic E-state index is 0.211. The van der Waals surface area contributed by atoms with Gasteiger partial charge < -0.3 is 9.88 Å². The minimum absolute atomic E-state index is 0.211. The maximum atomic E-state index is 4.42. The van der Waals surface area contributed by atoms with E-state index in [1.807, 2.05) is 6.20 Å². The Morgan fingerprint density at radius 1 is 1.46 bits per heavy atom. The summed E-state index contributed by atoms with van der Waals surface area (Å²) in [6, 6.07) is 0. The highest BCUT2D eigenvalue weighted by molar-refractivity contribution is 5.15. The molecule has 0 saturated carbocycles. The molecule has 3 heteroatoms. The van der Waals surface area contributed by atoms with Gasteiger partial charge in [-0.3, -0.25) is 0 Å². The van der Waals surface area contributed by atoms with Crippen LogP contribution in [0.25, 0.3) is 0 Å². The molecule has 1 N–H and O–H groups in total. The third kappa shape index (κ3) is 1.48. The normalized spacial score (nSPS) is 17.2. The van der Waals surface area contributed by atoms with Gasteiger partial charge in [-0.05, 0) is 0 Å². The van der Waals surface area contributed by atoms with Crippen molar-refractivity contribution in [3.05, 3.63) is 17.7 Å². The van der Waals surface area contributed by atoms with E-state index in [4.69, 9.17) is 0 Å². The van der Waals surface area contributed by atoms with Crippen LogP contribution in [0.4, 0.5) is 0 Å². The van der Waals surface area contributed by atoms with E-state index >= 15 is 0 Å². The zero-order valence-corrected chi connectivity index (χ0v) is 8.59. The van der Waals surface area contributed by atoms with Crippen molar-refractivity contribution in [1.82, 2.24) is 14.9 Å². The lowest BCUT2D eigenvalue weighted by atomic mass is 9.92. The second-order valence-electron chi connectivity index (χ2n) is 4.64. The van der Waals surface area contributed by atoms with Gasteiger partial charge in [-0.1, -0.05) is 20.8 Å². The third-order valence-electron chi connectivity index (χ3n) is 2.50. The lowest BCUT2D eigenvalue weighted by Crippen LogP contribution is -2.31. The average Bonchev–Trinajstić information content (AvgIpc) is 2.45. The molecule has 3 nitrogen and oxygen atoms in total. The zero-order chi connectivity index (χ0) is 9.47. The number of hydrogen-bond acceptors (Lipinski definition) is 2. The van der Waals surface area contributed by atoms with Crippen LogP contribution in [-0.2, 0) is 18.5 Å². The molecule has 1 aromatic rings. The summed E-state index contributed by atoms with van der Waals surface area (Å²) in [6.45, 7) is 9.74. The molecule has 0 saturated heterocycles. The summed E-state index contributed by atoms with van der Waals surface area (Å²) in [5.74, 6) is 1.18. The number of nitrogens with zero attached hydrogens (tertiary/aromatic N) is 2. The fraction of sp³-hybridized carbons (Fsp3) is 0.700.